The van der Waals surface area contributed by atoms with Crippen LogP contribution in [-0.4, -0.2) is 22.2 Å². The Morgan fingerprint density at radius 2 is 1.48 bits per heavy atom. The maximum atomic E-state index is 9.90. The SMILES string of the molecule is COc1cc(-c2cc(-c3ccccc3)nc(-c3ccccn3)c2)ccc1O. The van der Waals surface area contributed by atoms with Crippen molar-refractivity contribution in [2.45, 2.75) is 0 Å². The first kappa shape index (κ1) is 16.8. The standard InChI is InChI=1S/C23H18N2O2/c1-27-23-15-17(10-11-22(23)26)18-13-20(16-7-3-2-4-8-16)25-21(14-18)19-9-5-6-12-24-19/h2-15,26H,1H3. The molecule has 0 aliphatic carbocycles. The van der Waals surface area contributed by atoms with Crippen LogP contribution in [0.4, 0.5) is 0 Å². The number of rotatable bonds is 4. The Kier molecular flexibility index (Phi) is 4.54. The molecular formula is C23H18N2O2. The van der Waals surface area contributed by atoms with Crippen LogP contribution in [0.5, 0.6) is 11.5 Å². The summed E-state index contributed by atoms with van der Waals surface area (Å²) >= 11 is 0. The zero-order chi connectivity index (χ0) is 18.6. The molecule has 0 radical (unpaired) electrons. The second-order valence-corrected chi connectivity index (χ2v) is 6.09. The zero-order valence-corrected chi connectivity index (χ0v) is 14.8. The molecule has 0 aliphatic rings. The Morgan fingerprint density at radius 1 is 0.704 bits per heavy atom. The van der Waals surface area contributed by atoms with Crippen molar-refractivity contribution < 1.29 is 9.84 Å². The Labute approximate surface area is 157 Å². The minimum atomic E-state index is 0.114. The molecule has 2 aromatic heterocycles. The predicted molar refractivity (Wildman–Crippen MR) is 107 cm³/mol. The Bertz CT molecular complexity index is 1010. The van der Waals surface area contributed by atoms with E-state index >= 15 is 0 Å². The van der Waals surface area contributed by atoms with Crippen molar-refractivity contribution in [3.8, 4) is 45.3 Å². The van der Waals surface area contributed by atoms with Crippen molar-refractivity contribution in [2.24, 2.45) is 0 Å². The number of methoxy groups -OCH3 is 1. The van der Waals surface area contributed by atoms with Gasteiger partial charge in [0, 0.05) is 11.8 Å². The third-order valence-electron chi connectivity index (χ3n) is 4.34. The summed E-state index contributed by atoms with van der Waals surface area (Å²) in [7, 11) is 1.54. The van der Waals surface area contributed by atoms with E-state index in [9.17, 15) is 5.11 Å². The number of ether oxygens (including phenoxy) is 1. The lowest BCUT2D eigenvalue weighted by Crippen LogP contribution is -1.93. The molecule has 27 heavy (non-hydrogen) atoms. The molecule has 0 saturated carbocycles. The fourth-order valence-corrected chi connectivity index (χ4v) is 2.96. The molecule has 4 nitrogen and oxygen atoms in total. The average molecular weight is 354 g/mol. The van der Waals surface area contributed by atoms with Gasteiger partial charge in [0.25, 0.3) is 0 Å². The van der Waals surface area contributed by atoms with Gasteiger partial charge in [-0.25, -0.2) is 4.98 Å². The first-order chi connectivity index (χ1) is 13.2. The van der Waals surface area contributed by atoms with Gasteiger partial charge in [-0.05, 0) is 47.5 Å². The van der Waals surface area contributed by atoms with Gasteiger partial charge in [-0.2, -0.15) is 0 Å². The normalized spacial score (nSPS) is 10.6. The molecule has 0 bridgehead atoms. The summed E-state index contributed by atoms with van der Waals surface area (Å²) in [6, 6.07) is 25.2. The number of hydrogen-bond donors (Lipinski definition) is 1. The number of aromatic hydroxyl groups is 1. The second kappa shape index (κ2) is 7.30. The van der Waals surface area contributed by atoms with E-state index in [4.69, 9.17) is 9.72 Å². The van der Waals surface area contributed by atoms with E-state index in [1.165, 1.54) is 0 Å². The molecule has 2 heterocycles. The lowest BCUT2D eigenvalue weighted by molar-refractivity contribution is 0.373. The lowest BCUT2D eigenvalue weighted by atomic mass is 10.0. The number of aromatic nitrogens is 2. The molecule has 0 saturated heterocycles. The van der Waals surface area contributed by atoms with Crippen LogP contribution < -0.4 is 4.74 Å². The molecule has 4 heteroatoms. The Hall–Kier alpha value is -3.66. The maximum absolute atomic E-state index is 9.90. The predicted octanol–water partition coefficient (Wildman–Crippen LogP) is 5.19. The summed E-state index contributed by atoms with van der Waals surface area (Å²) in [4.78, 5) is 9.26. The monoisotopic (exact) mass is 354 g/mol. The van der Waals surface area contributed by atoms with E-state index in [2.05, 4.69) is 4.98 Å². The zero-order valence-electron chi connectivity index (χ0n) is 14.8. The first-order valence-corrected chi connectivity index (χ1v) is 8.61. The van der Waals surface area contributed by atoms with Crippen molar-refractivity contribution in [1.82, 2.24) is 9.97 Å². The molecule has 0 unspecified atom stereocenters. The molecule has 2 aromatic carbocycles. The number of hydrogen-bond acceptors (Lipinski definition) is 4. The van der Waals surface area contributed by atoms with Crippen molar-refractivity contribution in [1.29, 1.82) is 0 Å². The number of phenols is 1. The van der Waals surface area contributed by atoms with Gasteiger partial charge in [-0.1, -0.05) is 42.5 Å². The van der Waals surface area contributed by atoms with Crippen LogP contribution in [0.3, 0.4) is 0 Å². The van der Waals surface area contributed by atoms with Gasteiger partial charge in [-0.15, -0.1) is 0 Å². The lowest BCUT2D eigenvalue weighted by Gasteiger charge is -2.11. The van der Waals surface area contributed by atoms with E-state index in [0.29, 0.717) is 5.75 Å². The number of pyridine rings is 2. The highest BCUT2D eigenvalue weighted by atomic mass is 16.5. The molecule has 0 aliphatic heterocycles. The van der Waals surface area contributed by atoms with Crippen LogP contribution in [0.2, 0.25) is 0 Å². The van der Waals surface area contributed by atoms with Crippen LogP contribution >= 0.6 is 0 Å². The van der Waals surface area contributed by atoms with Gasteiger partial charge in [0.05, 0.1) is 24.2 Å². The maximum Gasteiger partial charge on any atom is 0.161 e. The quantitative estimate of drug-likeness (QED) is 0.548. The third-order valence-corrected chi connectivity index (χ3v) is 4.34. The van der Waals surface area contributed by atoms with Crippen LogP contribution in [-0.2, 0) is 0 Å². The molecule has 1 N–H and O–H groups in total. The van der Waals surface area contributed by atoms with Gasteiger partial charge in [0.2, 0.25) is 0 Å². The fourth-order valence-electron chi connectivity index (χ4n) is 2.96. The second-order valence-electron chi connectivity index (χ2n) is 6.09. The largest absolute Gasteiger partial charge is 0.504 e. The minimum absolute atomic E-state index is 0.114. The Morgan fingerprint density at radius 3 is 2.22 bits per heavy atom. The van der Waals surface area contributed by atoms with Crippen molar-refractivity contribution in [3.05, 3.63) is 85.1 Å². The van der Waals surface area contributed by atoms with E-state index < -0.39 is 0 Å². The summed E-state index contributed by atoms with van der Waals surface area (Å²) in [5, 5.41) is 9.90. The van der Waals surface area contributed by atoms with E-state index in [1.807, 2.05) is 72.8 Å². The van der Waals surface area contributed by atoms with Crippen LogP contribution in [0, 0.1) is 0 Å². The topological polar surface area (TPSA) is 55.2 Å². The Balaban J connectivity index is 1.91. The smallest absolute Gasteiger partial charge is 0.161 e. The molecule has 4 aromatic rings. The van der Waals surface area contributed by atoms with Crippen LogP contribution in [0.25, 0.3) is 33.8 Å². The van der Waals surface area contributed by atoms with Crippen LogP contribution in [0.15, 0.2) is 85.1 Å². The molecule has 0 fully saturated rings. The number of nitrogens with zero attached hydrogens (tertiary/aromatic N) is 2. The van der Waals surface area contributed by atoms with E-state index in [0.717, 1.165) is 33.8 Å². The molecular weight excluding hydrogens is 336 g/mol. The fraction of sp³-hybridized carbons (Fsp3) is 0.0435. The summed E-state index contributed by atoms with van der Waals surface area (Å²) in [6.07, 6.45) is 1.76. The van der Waals surface area contributed by atoms with E-state index in [1.54, 1.807) is 19.4 Å². The number of phenolic OH excluding ortho intramolecular Hbond substituents is 1. The van der Waals surface area contributed by atoms with Crippen LogP contribution in [0.1, 0.15) is 0 Å². The third kappa shape index (κ3) is 3.51. The van der Waals surface area contributed by atoms with E-state index in [-0.39, 0.29) is 5.75 Å². The molecule has 0 spiro atoms. The summed E-state index contributed by atoms with van der Waals surface area (Å²) in [6.45, 7) is 0. The highest BCUT2D eigenvalue weighted by Gasteiger charge is 2.11. The van der Waals surface area contributed by atoms with Gasteiger partial charge >= 0.3 is 0 Å². The highest BCUT2D eigenvalue weighted by Crippen LogP contribution is 2.34. The minimum Gasteiger partial charge on any atom is -0.504 e. The van der Waals surface area contributed by atoms with Crippen molar-refractivity contribution in [3.63, 3.8) is 0 Å². The van der Waals surface area contributed by atoms with Crippen molar-refractivity contribution in [2.75, 3.05) is 7.11 Å². The highest BCUT2D eigenvalue weighted by molar-refractivity contribution is 5.76. The van der Waals surface area contributed by atoms with Gasteiger partial charge in [0.15, 0.2) is 11.5 Å². The molecule has 132 valence electrons. The molecule has 4 rings (SSSR count). The van der Waals surface area contributed by atoms with Gasteiger partial charge in [-0.3, -0.25) is 4.98 Å². The van der Waals surface area contributed by atoms with Crippen molar-refractivity contribution >= 4 is 0 Å². The first-order valence-electron chi connectivity index (χ1n) is 8.61. The summed E-state index contributed by atoms with van der Waals surface area (Å²) in [5.74, 6) is 0.550. The molecule has 0 amide bonds. The molecule has 0 atom stereocenters. The number of benzene rings is 2. The van der Waals surface area contributed by atoms with Gasteiger partial charge < -0.3 is 9.84 Å². The van der Waals surface area contributed by atoms with Gasteiger partial charge in [0.1, 0.15) is 0 Å². The summed E-state index contributed by atoms with van der Waals surface area (Å²) in [5.41, 5.74) is 5.40. The summed E-state index contributed by atoms with van der Waals surface area (Å²) < 4.78 is 5.26. The average Bonchev–Trinajstić information content (AvgIpc) is 2.75.